The van der Waals surface area contributed by atoms with E-state index in [1.54, 1.807) is 6.26 Å². The van der Waals surface area contributed by atoms with Crippen molar-refractivity contribution in [1.29, 1.82) is 0 Å². The maximum atomic E-state index is 5.78. The van der Waals surface area contributed by atoms with Crippen molar-refractivity contribution in [2.75, 3.05) is 6.61 Å². The van der Waals surface area contributed by atoms with Crippen molar-refractivity contribution < 1.29 is 9.15 Å². The van der Waals surface area contributed by atoms with Gasteiger partial charge in [-0.1, -0.05) is 13.8 Å². The third-order valence-corrected chi connectivity index (χ3v) is 3.51. The van der Waals surface area contributed by atoms with Crippen molar-refractivity contribution in [3.63, 3.8) is 0 Å². The first-order chi connectivity index (χ1) is 8.16. The van der Waals surface area contributed by atoms with E-state index in [1.165, 1.54) is 0 Å². The van der Waals surface area contributed by atoms with Crippen LogP contribution < -0.4 is 5.32 Å². The summed E-state index contributed by atoms with van der Waals surface area (Å²) >= 11 is 0. The molecule has 2 unspecified atom stereocenters. The molecule has 0 aromatic carbocycles. The fourth-order valence-electron chi connectivity index (χ4n) is 2.42. The number of hydrogen-bond acceptors (Lipinski definition) is 3. The van der Waals surface area contributed by atoms with Crippen LogP contribution in [0.2, 0.25) is 0 Å². The molecular weight excluding hydrogens is 214 g/mol. The molecule has 3 nitrogen and oxygen atoms in total. The monoisotopic (exact) mass is 237 g/mol. The van der Waals surface area contributed by atoms with Crippen molar-refractivity contribution in [2.24, 2.45) is 5.92 Å². The molecule has 0 amide bonds. The molecule has 1 saturated heterocycles. The summed E-state index contributed by atoms with van der Waals surface area (Å²) in [6, 6.07) is 4.78. The lowest BCUT2D eigenvalue weighted by Gasteiger charge is -2.33. The van der Waals surface area contributed by atoms with E-state index in [0.29, 0.717) is 18.1 Å². The van der Waals surface area contributed by atoms with Gasteiger partial charge in [0.25, 0.3) is 0 Å². The number of nitrogens with one attached hydrogen (secondary N) is 1. The first-order valence-corrected chi connectivity index (χ1v) is 6.58. The molecule has 1 aliphatic rings. The normalized spacial score (nSPS) is 27.3. The van der Waals surface area contributed by atoms with Crippen LogP contribution in [0, 0.1) is 5.92 Å². The summed E-state index contributed by atoms with van der Waals surface area (Å²) in [5.41, 5.74) is 0. The molecule has 1 aliphatic heterocycles. The maximum Gasteiger partial charge on any atom is 0.120 e. The Kier molecular flexibility index (Phi) is 4.24. The SMILES string of the molecule is CC(C)C1CC(N[C@@H](C)c2ccco2)CCO1. The molecule has 3 atom stereocenters. The van der Waals surface area contributed by atoms with E-state index in [2.05, 4.69) is 26.1 Å². The zero-order chi connectivity index (χ0) is 12.3. The summed E-state index contributed by atoms with van der Waals surface area (Å²) in [6.45, 7) is 7.47. The van der Waals surface area contributed by atoms with Crippen LogP contribution in [0.15, 0.2) is 22.8 Å². The van der Waals surface area contributed by atoms with Gasteiger partial charge in [-0.25, -0.2) is 0 Å². The molecule has 96 valence electrons. The van der Waals surface area contributed by atoms with Crippen LogP contribution in [0.1, 0.15) is 45.4 Å². The summed E-state index contributed by atoms with van der Waals surface area (Å²) in [7, 11) is 0. The first kappa shape index (κ1) is 12.7. The highest BCUT2D eigenvalue weighted by Crippen LogP contribution is 2.23. The first-order valence-electron chi connectivity index (χ1n) is 6.58. The Morgan fingerprint density at radius 1 is 1.35 bits per heavy atom. The highest BCUT2D eigenvalue weighted by atomic mass is 16.5. The van der Waals surface area contributed by atoms with Crippen molar-refractivity contribution in [3.8, 4) is 0 Å². The van der Waals surface area contributed by atoms with Gasteiger partial charge in [0.1, 0.15) is 5.76 Å². The van der Waals surface area contributed by atoms with Crippen LogP contribution in [-0.4, -0.2) is 18.8 Å². The van der Waals surface area contributed by atoms with Gasteiger partial charge < -0.3 is 14.5 Å². The van der Waals surface area contributed by atoms with Gasteiger partial charge in [-0.15, -0.1) is 0 Å². The molecule has 0 saturated carbocycles. The van der Waals surface area contributed by atoms with E-state index >= 15 is 0 Å². The van der Waals surface area contributed by atoms with Gasteiger partial charge in [0, 0.05) is 12.6 Å². The van der Waals surface area contributed by atoms with Crippen LogP contribution in [0.5, 0.6) is 0 Å². The lowest BCUT2D eigenvalue weighted by Crippen LogP contribution is -2.41. The smallest absolute Gasteiger partial charge is 0.120 e. The Bertz CT molecular complexity index is 321. The fourth-order valence-corrected chi connectivity index (χ4v) is 2.42. The van der Waals surface area contributed by atoms with E-state index < -0.39 is 0 Å². The molecule has 1 N–H and O–H groups in total. The second kappa shape index (κ2) is 5.69. The zero-order valence-electron chi connectivity index (χ0n) is 11.0. The standard InChI is InChI=1S/C14H23NO2/c1-10(2)14-9-12(6-8-17-14)15-11(3)13-5-4-7-16-13/h4-5,7,10-12,14-15H,6,8-9H2,1-3H3/t11-,12?,14?/m0/s1. The van der Waals surface area contributed by atoms with Crippen LogP contribution in [0.3, 0.4) is 0 Å². The summed E-state index contributed by atoms with van der Waals surface area (Å²) in [4.78, 5) is 0. The summed E-state index contributed by atoms with van der Waals surface area (Å²) in [5.74, 6) is 1.61. The number of furan rings is 1. The third kappa shape index (κ3) is 3.33. The molecule has 1 aromatic heterocycles. The van der Waals surface area contributed by atoms with Gasteiger partial charge in [-0.3, -0.25) is 0 Å². The molecular formula is C14H23NO2. The number of ether oxygens (including phenoxy) is 1. The second-order valence-electron chi connectivity index (χ2n) is 5.28. The average molecular weight is 237 g/mol. The minimum absolute atomic E-state index is 0.279. The lowest BCUT2D eigenvalue weighted by molar-refractivity contribution is -0.0260. The Labute approximate surface area is 104 Å². The number of rotatable bonds is 4. The van der Waals surface area contributed by atoms with Crippen molar-refractivity contribution in [3.05, 3.63) is 24.2 Å². The van der Waals surface area contributed by atoms with E-state index in [9.17, 15) is 0 Å². The van der Waals surface area contributed by atoms with Gasteiger partial charge in [-0.2, -0.15) is 0 Å². The minimum atomic E-state index is 0.279. The van der Waals surface area contributed by atoms with Gasteiger partial charge in [0.15, 0.2) is 0 Å². The molecule has 2 rings (SSSR count). The second-order valence-corrected chi connectivity index (χ2v) is 5.28. The topological polar surface area (TPSA) is 34.4 Å². The maximum absolute atomic E-state index is 5.78. The highest BCUT2D eigenvalue weighted by Gasteiger charge is 2.26. The Morgan fingerprint density at radius 2 is 2.18 bits per heavy atom. The third-order valence-electron chi connectivity index (χ3n) is 3.51. The molecule has 1 aromatic rings. The molecule has 0 bridgehead atoms. The van der Waals surface area contributed by atoms with E-state index in [-0.39, 0.29) is 6.04 Å². The van der Waals surface area contributed by atoms with Crippen LogP contribution in [0.25, 0.3) is 0 Å². The molecule has 3 heteroatoms. The quantitative estimate of drug-likeness (QED) is 0.873. The van der Waals surface area contributed by atoms with Crippen LogP contribution in [0.4, 0.5) is 0 Å². The zero-order valence-corrected chi connectivity index (χ0v) is 11.0. The largest absolute Gasteiger partial charge is 0.468 e. The van der Waals surface area contributed by atoms with Gasteiger partial charge >= 0.3 is 0 Å². The fraction of sp³-hybridized carbons (Fsp3) is 0.714. The average Bonchev–Trinajstić information content (AvgIpc) is 2.82. The summed E-state index contributed by atoms with van der Waals surface area (Å²) < 4.78 is 11.2. The molecule has 2 heterocycles. The molecule has 17 heavy (non-hydrogen) atoms. The predicted molar refractivity (Wildman–Crippen MR) is 67.9 cm³/mol. The van der Waals surface area contributed by atoms with Crippen LogP contribution in [-0.2, 0) is 4.74 Å². The van der Waals surface area contributed by atoms with Gasteiger partial charge in [0.05, 0.1) is 18.4 Å². The van der Waals surface area contributed by atoms with E-state index in [1.807, 2.05) is 12.1 Å². The summed E-state index contributed by atoms with van der Waals surface area (Å²) in [5, 5.41) is 3.63. The number of hydrogen-bond donors (Lipinski definition) is 1. The Balaban J connectivity index is 1.86. The summed E-state index contributed by atoms with van der Waals surface area (Å²) in [6.07, 6.45) is 4.32. The van der Waals surface area contributed by atoms with Gasteiger partial charge in [0.2, 0.25) is 0 Å². The van der Waals surface area contributed by atoms with Crippen molar-refractivity contribution in [1.82, 2.24) is 5.32 Å². The molecule has 0 aliphatic carbocycles. The minimum Gasteiger partial charge on any atom is -0.468 e. The Morgan fingerprint density at radius 3 is 2.82 bits per heavy atom. The molecule has 0 radical (unpaired) electrons. The molecule has 0 spiro atoms. The van der Waals surface area contributed by atoms with E-state index in [4.69, 9.17) is 9.15 Å². The lowest BCUT2D eigenvalue weighted by atomic mass is 9.95. The van der Waals surface area contributed by atoms with Crippen molar-refractivity contribution in [2.45, 2.75) is 51.8 Å². The van der Waals surface area contributed by atoms with Crippen molar-refractivity contribution >= 4 is 0 Å². The molecule has 1 fully saturated rings. The predicted octanol–water partition coefficient (Wildman–Crippen LogP) is 3.13. The van der Waals surface area contributed by atoms with E-state index in [0.717, 1.165) is 25.2 Å². The van der Waals surface area contributed by atoms with Crippen LogP contribution >= 0.6 is 0 Å². The highest BCUT2D eigenvalue weighted by molar-refractivity contribution is 5.03. The Hall–Kier alpha value is -0.800. The van der Waals surface area contributed by atoms with Gasteiger partial charge in [-0.05, 0) is 37.8 Å².